The molecule has 0 aliphatic rings. The Balaban J connectivity index is 2.81. The van der Waals surface area contributed by atoms with Crippen molar-refractivity contribution >= 4 is 12.0 Å². The van der Waals surface area contributed by atoms with Gasteiger partial charge < -0.3 is 4.74 Å². The summed E-state index contributed by atoms with van der Waals surface area (Å²) in [6.45, 7) is 5.99. The summed E-state index contributed by atoms with van der Waals surface area (Å²) in [4.78, 5) is 9.94. The smallest absolute Gasteiger partial charge is 0.177 e. The molecule has 0 heterocycles. The van der Waals surface area contributed by atoms with Gasteiger partial charge in [0.2, 0.25) is 0 Å². The fourth-order valence-electron chi connectivity index (χ4n) is 1.10. The number of hydrogen-bond donors (Lipinski definition) is 0. The van der Waals surface area contributed by atoms with Gasteiger partial charge in [0.05, 0.1) is 0 Å². The van der Waals surface area contributed by atoms with E-state index in [1.165, 1.54) is 0 Å². The van der Waals surface area contributed by atoms with Crippen LogP contribution in [0, 0.1) is 0 Å². The molecule has 0 spiro atoms. The van der Waals surface area contributed by atoms with Crippen LogP contribution in [0.3, 0.4) is 0 Å². The maximum Gasteiger partial charge on any atom is 0.177 e. The van der Waals surface area contributed by atoms with E-state index in [9.17, 15) is 4.79 Å². The predicted molar refractivity (Wildman–Crippen MR) is 60.5 cm³/mol. The van der Waals surface area contributed by atoms with Crippen molar-refractivity contribution in [3.63, 3.8) is 0 Å². The number of benzene rings is 1. The lowest BCUT2D eigenvalue weighted by molar-refractivity contribution is 0.131. The topological polar surface area (TPSA) is 26.3 Å². The quantitative estimate of drug-likeness (QED) is 0.544. The Morgan fingerprint density at radius 1 is 1.20 bits per heavy atom. The molecule has 0 unspecified atom stereocenters. The first-order valence-electron chi connectivity index (χ1n) is 4.76. The van der Waals surface area contributed by atoms with E-state index in [1.54, 1.807) is 12.0 Å². The van der Waals surface area contributed by atoms with E-state index in [2.05, 4.69) is 5.73 Å². The molecule has 0 saturated heterocycles. The third kappa shape index (κ3) is 4.33. The molecule has 2 heteroatoms. The van der Waals surface area contributed by atoms with E-state index >= 15 is 0 Å². The molecular formula is C13H14O2. The number of ether oxygens (including phenoxy) is 1. The van der Waals surface area contributed by atoms with Gasteiger partial charge >= 0.3 is 0 Å². The van der Waals surface area contributed by atoms with Crippen LogP contribution in [0.2, 0.25) is 0 Å². The molecule has 0 aliphatic heterocycles. The van der Waals surface area contributed by atoms with Crippen molar-refractivity contribution in [2.24, 2.45) is 0 Å². The van der Waals surface area contributed by atoms with Crippen LogP contribution in [0.5, 0.6) is 5.75 Å². The summed E-state index contributed by atoms with van der Waals surface area (Å²) < 4.78 is 5.65. The van der Waals surface area contributed by atoms with Crippen molar-refractivity contribution in [1.29, 1.82) is 0 Å². The Hall–Kier alpha value is -1.75. The second-order valence-electron chi connectivity index (χ2n) is 4.17. The van der Waals surface area contributed by atoms with Gasteiger partial charge in [-0.25, -0.2) is 4.79 Å². The molecule has 0 saturated carbocycles. The Morgan fingerprint density at radius 2 is 1.80 bits per heavy atom. The highest BCUT2D eigenvalue weighted by Crippen LogP contribution is 2.18. The molecule has 0 N–H and O–H groups in total. The predicted octanol–water partition coefficient (Wildman–Crippen LogP) is 2.86. The number of carbonyl (C=O) groups excluding carboxylic acids is 1. The van der Waals surface area contributed by atoms with Crippen LogP contribution >= 0.6 is 0 Å². The molecule has 15 heavy (non-hydrogen) atoms. The third-order valence-corrected chi connectivity index (χ3v) is 1.60. The van der Waals surface area contributed by atoms with E-state index in [1.807, 2.05) is 45.0 Å². The van der Waals surface area contributed by atoms with E-state index in [0.29, 0.717) is 0 Å². The molecular weight excluding hydrogens is 188 g/mol. The average molecular weight is 202 g/mol. The molecule has 1 aromatic carbocycles. The van der Waals surface area contributed by atoms with Gasteiger partial charge in [-0.05, 0) is 50.3 Å². The van der Waals surface area contributed by atoms with Gasteiger partial charge in [-0.3, -0.25) is 0 Å². The van der Waals surface area contributed by atoms with Crippen molar-refractivity contribution in [1.82, 2.24) is 0 Å². The first-order valence-corrected chi connectivity index (χ1v) is 4.76. The fourth-order valence-corrected chi connectivity index (χ4v) is 1.10. The summed E-state index contributed by atoms with van der Waals surface area (Å²) in [5.41, 5.74) is 3.07. The molecule has 2 nitrogen and oxygen atoms in total. The normalized spacial score (nSPS) is 10.1. The minimum absolute atomic E-state index is 0.194. The summed E-state index contributed by atoms with van der Waals surface area (Å²) in [5.74, 6) is 2.40. The van der Waals surface area contributed by atoms with Crippen LogP contribution in [-0.4, -0.2) is 11.5 Å². The largest absolute Gasteiger partial charge is 0.488 e. The zero-order valence-electron chi connectivity index (χ0n) is 9.20. The van der Waals surface area contributed by atoms with Crippen molar-refractivity contribution in [2.75, 3.05) is 0 Å². The highest BCUT2D eigenvalue weighted by molar-refractivity contribution is 5.58. The monoisotopic (exact) mass is 202 g/mol. The lowest BCUT2D eigenvalue weighted by Crippen LogP contribution is -2.22. The van der Waals surface area contributed by atoms with Gasteiger partial charge in [-0.15, -0.1) is 0 Å². The summed E-state index contributed by atoms with van der Waals surface area (Å²) in [5, 5.41) is 0. The Bertz CT molecular complexity index is 397. The van der Waals surface area contributed by atoms with Gasteiger partial charge in [-0.2, -0.15) is 0 Å². The maximum absolute atomic E-state index is 9.94. The van der Waals surface area contributed by atoms with Crippen molar-refractivity contribution in [2.45, 2.75) is 26.4 Å². The second-order valence-corrected chi connectivity index (χ2v) is 4.17. The molecule has 78 valence electrons. The van der Waals surface area contributed by atoms with Gasteiger partial charge in [-0.1, -0.05) is 12.1 Å². The summed E-state index contributed by atoms with van der Waals surface area (Å²) in [6, 6.07) is 7.46. The standard InChI is InChI=1S/C13H14O2/c1-13(2,3)15-12-8-6-11(7-9-12)5-4-10-14/h5-9H,1-3H3. The number of hydrogen-bond acceptors (Lipinski definition) is 2. The molecule has 0 atom stereocenters. The summed E-state index contributed by atoms with van der Waals surface area (Å²) in [7, 11) is 0. The van der Waals surface area contributed by atoms with Crippen LogP contribution in [0.1, 0.15) is 26.3 Å². The summed E-state index contributed by atoms with van der Waals surface area (Å²) in [6.07, 6.45) is 1.58. The highest BCUT2D eigenvalue weighted by Gasteiger charge is 2.10. The lowest BCUT2D eigenvalue weighted by atomic mass is 10.1. The Morgan fingerprint density at radius 3 is 2.27 bits per heavy atom. The lowest BCUT2D eigenvalue weighted by Gasteiger charge is -2.21. The Labute approximate surface area is 89.9 Å². The third-order valence-electron chi connectivity index (χ3n) is 1.60. The van der Waals surface area contributed by atoms with Gasteiger partial charge in [0.15, 0.2) is 5.94 Å². The van der Waals surface area contributed by atoms with Crippen LogP contribution in [0.25, 0.3) is 6.08 Å². The molecule has 1 rings (SSSR count). The molecule has 0 amide bonds. The minimum Gasteiger partial charge on any atom is -0.488 e. The van der Waals surface area contributed by atoms with Crippen molar-refractivity contribution in [3.05, 3.63) is 35.6 Å². The molecule has 0 aliphatic carbocycles. The second kappa shape index (κ2) is 4.65. The zero-order chi connectivity index (χ0) is 11.3. The minimum atomic E-state index is -0.194. The molecule has 0 aromatic heterocycles. The van der Waals surface area contributed by atoms with E-state index in [4.69, 9.17) is 4.74 Å². The molecule has 1 aromatic rings. The summed E-state index contributed by atoms with van der Waals surface area (Å²) >= 11 is 0. The van der Waals surface area contributed by atoms with E-state index in [0.717, 1.165) is 11.3 Å². The van der Waals surface area contributed by atoms with Gasteiger partial charge in [0.25, 0.3) is 0 Å². The molecule has 0 radical (unpaired) electrons. The molecule has 0 fully saturated rings. The van der Waals surface area contributed by atoms with Crippen molar-refractivity contribution in [3.8, 4) is 5.75 Å². The average Bonchev–Trinajstić information content (AvgIpc) is 2.14. The van der Waals surface area contributed by atoms with E-state index < -0.39 is 0 Å². The fraction of sp³-hybridized carbons (Fsp3) is 0.308. The van der Waals surface area contributed by atoms with E-state index in [-0.39, 0.29) is 5.60 Å². The molecule has 0 bridgehead atoms. The van der Waals surface area contributed by atoms with Crippen LogP contribution in [0.15, 0.2) is 30.0 Å². The highest BCUT2D eigenvalue weighted by atomic mass is 16.5. The van der Waals surface area contributed by atoms with Gasteiger partial charge in [0.1, 0.15) is 11.4 Å². The van der Waals surface area contributed by atoms with Crippen molar-refractivity contribution < 1.29 is 9.53 Å². The van der Waals surface area contributed by atoms with Crippen LogP contribution < -0.4 is 4.74 Å². The Kier molecular flexibility index (Phi) is 3.51. The van der Waals surface area contributed by atoms with Gasteiger partial charge in [0, 0.05) is 0 Å². The first kappa shape index (κ1) is 11.3. The first-order chi connectivity index (χ1) is 7.01. The van der Waals surface area contributed by atoms with Crippen LogP contribution in [-0.2, 0) is 4.79 Å². The SMILES string of the molecule is CC(C)(C)Oc1ccc(C=C=C=O)cc1. The maximum atomic E-state index is 9.94. The van der Waals surface area contributed by atoms with Crippen LogP contribution in [0.4, 0.5) is 0 Å². The zero-order valence-corrected chi connectivity index (χ0v) is 9.20. The number of rotatable bonds is 2.